The summed E-state index contributed by atoms with van der Waals surface area (Å²) < 4.78 is 10.5. The van der Waals surface area contributed by atoms with Crippen molar-refractivity contribution in [2.75, 3.05) is 27.2 Å². The predicted molar refractivity (Wildman–Crippen MR) is 88.3 cm³/mol. The molecule has 0 aromatic carbocycles. The summed E-state index contributed by atoms with van der Waals surface area (Å²) >= 11 is 0. The Kier molecular flexibility index (Phi) is 9.47. The van der Waals surface area contributed by atoms with Gasteiger partial charge in [0.25, 0.3) is 0 Å². The number of hydrogen-bond acceptors (Lipinski definition) is 5. The van der Waals surface area contributed by atoms with E-state index in [0.717, 1.165) is 12.5 Å². The smallest absolute Gasteiger partial charge is 0.248 e. The van der Waals surface area contributed by atoms with Crippen LogP contribution in [0.15, 0.2) is 9.52 Å². The van der Waals surface area contributed by atoms with Gasteiger partial charge in [0.15, 0.2) is 11.8 Å². The zero-order chi connectivity index (χ0) is 14.3. The first-order valence-electron chi connectivity index (χ1n) is 6.48. The van der Waals surface area contributed by atoms with E-state index in [1.165, 1.54) is 0 Å². The highest BCUT2D eigenvalue weighted by molar-refractivity contribution is 14.0. The molecule has 1 heterocycles. The first-order valence-corrected chi connectivity index (χ1v) is 6.48. The first-order chi connectivity index (χ1) is 9.08. The fraction of sp³-hybridized carbons (Fsp3) is 0.750. The summed E-state index contributed by atoms with van der Waals surface area (Å²) in [5.41, 5.74) is 0. The molecule has 0 amide bonds. The molecule has 116 valence electrons. The maximum Gasteiger partial charge on any atom is 0.248 e. The van der Waals surface area contributed by atoms with Crippen LogP contribution in [0.5, 0.6) is 0 Å². The minimum absolute atomic E-state index is 0. The first kappa shape index (κ1) is 19.1. The third-order valence-corrected chi connectivity index (χ3v) is 2.39. The van der Waals surface area contributed by atoms with E-state index in [2.05, 4.69) is 20.4 Å². The Hall–Kier alpha value is -0.900. The number of ether oxygens (including phenoxy) is 1. The highest BCUT2D eigenvalue weighted by atomic mass is 127. The topological polar surface area (TPSA) is 75.8 Å². The average Bonchev–Trinajstić information content (AvgIpc) is 2.83. The van der Waals surface area contributed by atoms with E-state index in [0.29, 0.717) is 24.9 Å². The van der Waals surface area contributed by atoms with Gasteiger partial charge in [-0.25, -0.2) is 4.99 Å². The van der Waals surface area contributed by atoms with Crippen molar-refractivity contribution < 1.29 is 9.26 Å². The van der Waals surface area contributed by atoms with Gasteiger partial charge < -0.3 is 19.5 Å². The van der Waals surface area contributed by atoms with E-state index in [4.69, 9.17) is 9.26 Å². The van der Waals surface area contributed by atoms with Crippen LogP contribution in [-0.4, -0.2) is 48.2 Å². The Morgan fingerprint density at radius 3 is 2.70 bits per heavy atom. The molecule has 0 aliphatic heterocycles. The predicted octanol–water partition coefficient (Wildman–Crippen LogP) is 1.81. The van der Waals surface area contributed by atoms with Crippen molar-refractivity contribution in [2.24, 2.45) is 4.99 Å². The molecule has 0 aliphatic carbocycles. The Morgan fingerprint density at radius 2 is 2.15 bits per heavy atom. The second-order valence-electron chi connectivity index (χ2n) is 4.21. The summed E-state index contributed by atoms with van der Waals surface area (Å²) in [7, 11) is 3.86. The quantitative estimate of drug-likeness (QED) is 0.448. The molecule has 8 heteroatoms. The Balaban J connectivity index is 0.00000361. The number of aromatic nitrogens is 2. The van der Waals surface area contributed by atoms with Crippen LogP contribution < -0.4 is 5.32 Å². The molecule has 1 atom stereocenters. The number of aliphatic imine (C=N–C) groups is 1. The van der Waals surface area contributed by atoms with Crippen LogP contribution in [0.4, 0.5) is 0 Å². The summed E-state index contributed by atoms with van der Waals surface area (Å²) in [6, 6.07) is 0. The molecule has 0 aliphatic rings. The summed E-state index contributed by atoms with van der Waals surface area (Å²) in [5.74, 6) is 1.83. The van der Waals surface area contributed by atoms with Gasteiger partial charge in [-0.2, -0.15) is 4.98 Å². The monoisotopic (exact) mass is 397 g/mol. The van der Waals surface area contributed by atoms with Gasteiger partial charge in [0.1, 0.15) is 12.6 Å². The minimum Gasteiger partial charge on any atom is -0.371 e. The SMILES string of the molecule is CCNC(=NCc1nc(C(C)OCC)no1)N(C)C.I. The molecule has 0 fully saturated rings. The van der Waals surface area contributed by atoms with Gasteiger partial charge in [0.2, 0.25) is 5.89 Å². The molecule has 0 bridgehead atoms. The normalized spacial score (nSPS) is 12.8. The number of rotatable bonds is 6. The van der Waals surface area contributed by atoms with Crippen molar-refractivity contribution in [3.05, 3.63) is 11.7 Å². The number of halogens is 1. The van der Waals surface area contributed by atoms with Crippen LogP contribution in [0.2, 0.25) is 0 Å². The zero-order valence-electron chi connectivity index (χ0n) is 12.7. The lowest BCUT2D eigenvalue weighted by molar-refractivity contribution is 0.0683. The largest absolute Gasteiger partial charge is 0.371 e. The summed E-state index contributed by atoms with van der Waals surface area (Å²) in [6.07, 6.45) is -0.159. The molecule has 1 N–H and O–H groups in total. The Bertz CT molecular complexity index is 408. The van der Waals surface area contributed by atoms with Crippen LogP contribution >= 0.6 is 24.0 Å². The van der Waals surface area contributed by atoms with Crippen molar-refractivity contribution in [3.8, 4) is 0 Å². The molecular formula is C12H24IN5O2. The molecule has 20 heavy (non-hydrogen) atoms. The second kappa shape index (κ2) is 9.92. The average molecular weight is 397 g/mol. The molecule has 1 aromatic rings. The highest BCUT2D eigenvalue weighted by Crippen LogP contribution is 2.12. The van der Waals surface area contributed by atoms with Crippen LogP contribution in [0.3, 0.4) is 0 Å². The molecule has 0 spiro atoms. The van der Waals surface area contributed by atoms with E-state index in [9.17, 15) is 0 Å². The van der Waals surface area contributed by atoms with E-state index in [1.807, 2.05) is 39.8 Å². The number of hydrogen-bond donors (Lipinski definition) is 1. The van der Waals surface area contributed by atoms with Gasteiger partial charge in [-0.1, -0.05) is 5.16 Å². The van der Waals surface area contributed by atoms with E-state index in [-0.39, 0.29) is 30.1 Å². The molecule has 1 unspecified atom stereocenters. The molecule has 1 rings (SSSR count). The van der Waals surface area contributed by atoms with Gasteiger partial charge in [0.05, 0.1) is 0 Å². The summed E-state index contributed by atoms with van der Waals surface area (Å²) in [6.45, 7) is 7.63. The van der Waals surface area contributed by atoms with Crippen molar-refractivity contribution in [1.82, 2.24) is 20.4 Å². The fourth-order valence-electron chi connectivity index (χ4n) is 1.48. The lowest BCUT2D eigenvalue weighted by Gasteiger charge is -2.15. The maximum absolute atomic E-state index is 5.40. The highest BCUT2D eigenvalue weighted by Gasteiger charge is 2.13. The summed E-state index contributed by atoms with van der Waals surface area (Å²) in [5, 5.41) is 7.05. The third kappa shape index (κ3) is 6.04. The second-order valence-corrected chi connectivity index (χ2v) is 4.21. The zero-order valence-corrected chi connectivity index (χ0v) is 15.0. The van der Waals surface area contributed by atoms with Gasteiger partial charge in [-0.3, -0.25) is 0 Å². The van der Waals surface area contributed by atoms with Crippen LogP contribution in [-0.2, 0) is 11.3 Å². The summed E-state index contributed by atoms with van der Waals surface area (Å²) in [4.78, 5) is 10.6. The molecule has 0 saturated carbocycles. The van der Waals surface area contributed by atoms with Crippen LogP contribution in [0.1, 0.15) is 38.6 Å². The number of guanidine groups is 1. The molecular weight excluding hydrogens is 373 g/mol. The van der Waals surface area contributed by atoms with Crippen molar-refractivity contribution in [1.29, 1.82) is 0 Å². The molecule has 1 aromatic heterocycles. The van der Waals surface area contributed by atoms with Crippen LogP contribution in [0, 0.1) is 0 Å². The van der Waals surface area contributed by atoms with Gasteiger partial charge in [-0.15, -0.1) is 24.0 Å². The molecule has 0 radical (unpaired) electrons. The van der Waals surface area contributed by atoms with Crippen molar-refractivity contribution in [2.45, 2.75) is 33.4 Å². The molecule has 7 nitrogen and oxygen atoms in total. The Labute approximate surface area is 137 Å². The van der Waals surface area contributed by atoms with Gasteiger partial charge in [0, 0.05) is 27.2 Å². The number of nitrogens with zero attached hydrogens (tertiary/aromatic N) is 4. The molecule has 0 saturated heterocycles. The van der Waals surface area contributed by atoms with E-state index in [1.54, 1.807) is 0 Å². The lowest BCUT2D eigenvalue weighted by atomic mass is 10.4. The number of nitrogens with one attached hydrogen (secondary N) is 1. The standard InChI is InChI=1S/C12H23N5O2.HI/c1-6-13-12(17(4)5)14-8-10-15-11(16-19-10)9(3)18-7-2;/h9H,6-8H2,1-5H3,(H,13,14);1H. The maximum atomic E-state index is 5.40. The van der Waals surface area contributed by atoms with Crippen molar-refractivity contribution in [3.63, 3.8) is 0 Å². The minimum atomic E-state index is -0.159. The van der Waals surface area contributed by atoms with Crippen molar-refractivity contribution >= 4 is 29.9 Å². The third-order valence-electron chi connectivity index (χ3n) is 2.39. The Morgan fingerprint density at radius 1 is 1.45 bits per heavy atom. The van der Waals surface area contributed by atoms with Crippen LogP contribution in [0.25, 0.3) is 0 Å². The van der Waals surface area contributed by atoms with Gasteiger partial charge in [-0.05, 0) is 20.8 Å². The van der Waals surface area contributed by atoms with E-state index < -0.39 is 0 Å². The fourth-order valence-corrected chi connectivity index (χ4v) is 1.48. The lowest BCUT2D eigenvalue weighted by Crippen LogP contribution is -2.36. The van der Waals surface area contributed by atoms with Gasteiger partial charge >= 0.3 is 0 Å². The van der Waals surface area contributed by atoms with E-state index >= 15 is 0 Å².